The predicted molar refractivity (Wildman–Crippen MR) is 53.3 cm³/mol. The van der Waals surface area contributed by atoms with Gasteiger partial charge in [0.15, 0.2) is 0 Å². The first kappa shape index (κ1) is 9.46. The van der Waals surface area contributed by atoms with Crippen LogP contribution in [0.1, 0.15) is 30.4 Å². The van der Waals surface area contributed by atoms with Crippen molar-refractivity contribution in [3.05, 3.63) is 29.1 Å². The fraction of sp³-hybridized carbons (Fsp3) is 0.455. The summed E-state index contributed by atoms with van der Waals surface area (Å²) in [6.45, 7) is 1.67. The normalized spacial score (nSPS) is 19.1. The average molecular weight is 195 g/mol. The van der Waals surface area contributed by atoms with Gasteiger partial charge in [0.2, 0.25) is 0 Å². The third-order valence-electron chi connectivity index (χ3n) is 3.01. The zero-order chi connectivity index (χ0) is 10.3. The first-order valence-electron chi connectivity index (χ1n) is 4.81. The summed E-state index contributed by atoms with van der Waals surface area (Å²) in [6.07, 6.45) is 2.34. The Bertz CT molecular complexity index is 372. The van der Waals surface area contributed by atoms with Gasteiger partial charge < -0.3 is 10.8 Å². The molecule has 3 N–H and O–H groups in total. The summed E-state index contributed by atoms with van der Waals surface area (Å²) in [6, 6.07) is 2.95. The van der Waals surface area contributed by atoms with Crippen LogP contribution in [-0.2, 0) is 5.60 Å². The van der Waals surface area contributed by atoms with Crippen molar-refractivity contribution in [2.45, 2.75) is 31.8 Å². The van der Waals surface area contributed by atoms with Gasteiger partial charge in [-0.1, -0.05) is 0 Å². The van der Waals surface area contributed by atoms with Crippen LogP contribution in [0.5, 0.6) is 0 Å². The standard InChI is InChI=1S/C11H14FNO/c1-7-5-10(13)8(6-9(7)12)11(14)3-2-4-11/h5-6,14H,2-4,13H2,1H3. The van der Waals surface area contributed by atoms with E-state index in [1.165, 1.54) is 6.07 Å². The van der Waals surface area contributed by atoms with Gasteiger partial charge in [-0.15, -0.1) is 0 Å². The molecule has 1 aliphatic rings. The molecule has 1 aromatic carbocycles. The minimum atomic E-state index is -0.876. The van der Waals surface area contributed by atoms with Crippen molar-refractivity contribution in [1.29, 1.82) is 0 Å². The van der Waals surface area contributed by atoms with E-state index in [2.05, 4.69) is 0 Å². The smallest absolute Gasteiger partial charge is 0.126 e. The maximum atomic E-state index is 13.3. The second kappa shape index (κ2) is 2.95. The maximum Gasteiger partial charge on any atom is 0.126 e. The van der Waals surface area contributed by atoms with Gasteiger partial charge in [-0.25, -0.2) is 4.39 Å². The van der Waals surface area contributed by atoms with Crippen molar-refractivity contribution in [3.63, 3.8) is 0 Å². The van der Waals surface area contributed by atoms with Gasteiger partial charge in [0, 0.05) is 11.3 Å². The Kier molecular flexibility index (Phi) is 2.00. The van der Waals surface area contributed by atoms with E-state index in [9.17, 15) is 9.50 Å². The molecule has 0 aromatic heterocycles. The zero-order valence-electron chi connectivity index (χ0n) is 8.18. The molecule has 76 valence electrons. The van der Waals surface area contributed by atoms with E-state index in [0.29, 0.717) is 29.7 Å². The van der Waals surface area contributed by atoms with E-state index in [4.69, 9.17) is 5.73 Å². The molecule has 1 aliphatic carbocycles. The highest BCUT2D eigenvalue weighted by molar-refractivity contribution is 5.53. The lowest BCUT2D eigenvalue weighted by Gasteiger charge is -2.37. The van der Waals surface area contributed by atoms with E-state index >= 15 is 0 Å². The Morgan fingerprint density at radius 3 is 2.57 bits per heavy atom. The van der Waals surface area contributed by atoms with E-state index in [1.807, 2.05) is 0 Å². The Hall–Kier alpha value is -1.09. The Labute approximate surface area is 82.5 Å². The van der Waals surface area contributed by atoms with Gasteiger partial charge in [0.25, 0.3) is 0 Å². The number of anilines is 1. The first-order valence-corrected chi connectivity index (χ1v) is 4.81. The van der Waals surface area contributed by atoms with Gasteiger partial charge in [-0.2, -0.15) is 0 Å². The highest BCUT2D eigenvalue weighted by Crippen LogP contribution is 2.43. The van der Waals surface area contributed by atoms with Gasteiger partial charge in [-0.3, -0.25) is 0 Å². The predicted octanol–water partition coefficient (Wildman–Crippen LogP) is 2.09. The Balaban J connectivity index is 2.48. The minimum Gasteiger partial charge on any atom is -0.398 e. The van der Waals surface area contributed by atoms with E-state index in [0.717, 1.165) is 6.42 Å². The lowest BCUT2D eigenvalue weighted by atomic mass is 9.74. The summed E-state index contributed by atoms with van der Waals surface area (Å²) in [5.74, 6) is -0.297. The molecule has 0 radical (unpaired) electrons. The van der Waals surface area contributed by atoms with Crippen LogP contribution in [0.2, 0.25) is 0 Å². The molecule has 2 nitrogen and oxygen atoms in total. The fourth-order valence-corrected chi connectivity index (χ4v) is 1.89. The molecular weight excluding hydrogens is 181 g/mol. The number of rotatable bonds is 1. The van der Waals surface area contributed by atoms with E-state index < -0.39 is 5.60 Å². The molecule has 3 heteroatoms. The summed E-state index contributed by atoms with van der Waals surface area (Å²) in [5.41, 5.74) is 6.44. The SMILES string of the molecule is Cc1cc(N)c(C2(O)CCC2)cc1F. The molecule has 0 bridgehead atoms. The van der Waals surface area contributed by atoms with Crippen molar-refractivity contribution in [2.75, 3.05) is 5.73 Å². The quantitative estimate of drug-likeness (QED) is 0.674. The number of nitrogens with two attached hydrogens (primary N) is 1. The van der Waals surface area contributed by atoms with Crippen molar-refractivity contribution < 1.29 is 9.50 Å². The second-order valence-electron chi connectivity index (χ2n) is 4.07. The molecule has 1 aromatic rings. The summed E-state index contributed by atoms with van der Waals surface area (Å²) in [7, 11) is 0. The zero-order valence-corrected chi connectivity index (χ0v) is 8.18. The van der Waals surface area contributed by atoms with Crippen LogP contribution in [0.3, 0.4) is 0 Å². The van der Waals surface area contributed by atoms with E-state index in [1.54, 1.807) is 13.0 Å². The van der Waals surface area contributed by atoms with Crippen LogP contribution >= 0.6 is 0 Å². The molecule has 2 rings (SSSR count). The largest absolute Gasteiger partial charge is 0.398 e. The average Bonchev–Trinajstić information content (AvgIpc) is 2.07. The molecule has 14 heavy (non-hydrogen) atoms. The third-order valence-corrected chi connectivity index (χ3v) is 3.01. The van der Waals surface area contributed by atoms with Crippen LogP contribution in [0.15, 0.2) is 12.1 Å². The fourth-order valence-electron chi connectivity index (χ4n) is 1.89. The second-order valence-corrected chi connectivity index (χ2v) is 4.07. The monoisotopic (exact) mass is 195 g/mol. The van der Waals surface area contributed by atoms with Crippen LogP contribution in [0, 0.1) is 12.7 Å². The summed E-state index contributed by atoms with van der Waals surface area (Å²) in [4.78, 5) is 0. The highest BCUT2D eigenvalue weighted by Gasteiger charge is 2.38. The lowest BCUT2D eigenvalue weighted by molar-refractivity contribution is -0.0383. The van der Waals surface area contributed by atoms with E-state index in [-0.39, 0.29) is 5.82 Å². The Morgan fingerprint density at radius 2 is 2.07 bits per heavy atom. The number of aliphatic hydroxyl groups is 1. The van der Waals surface area contributed by atoms with Crippen LogP contribution in [0.25, 0.3) is 0 Å². The molecule has 0 amide bonds. The van der Waals surface area contributed by atoms with Gasteiger partial charge in [0.05, 0.1) is 5.60 Å². The molecule has 1 fully saturated rings. The molecular formula is C11H14FNO. The molecule has 0 unspecified atom stereocenters. The molecule has 0 saturated heterocycles. The van der Waals surface area contributed by atoms with Crippen molar-refractivity contribution in [1.82, 2.24) is 0 Å². The minimum absolute atomic E-state index is 0.297. The lowest BCUT2D eigenvalue weighted by Crippen LogP contribution is -2.34. The molecule has 0 aliphatic heterocycles. The topological polar surface area (TPSA) is 46.2 Å². The van der Waals surface area contributed by atoms with Gasteiger partial charge in [-0.05, 0) is 43.9 Å². The number of hydrogen-bond donors (Lipinski definition) is 2. The Morgan fingerprint density at radius 1 is 1.43 bits per heavy atom. The maximum absolute atomic E-state index is 13.3. The number of halogens is 1. The molecule has 0 spiro atoms. The highest BCUT2D eigenvalue weighted by atomic mass is 19.1. The van der Waals surface area contributed by atoms with Crippen molar-refractivity contribution in [2.24, 2.45) is 0 Å². The van der Waals surface area contributed by atoms with Gasteiger partial charge >= 0.3 is 0 Å². The summed E-state index contributed by atoms with van der Waals surface area (Å²) < 4.78 is 13.3. The number of benzene rings is 1. The first-order chi connectivity index (χ1) is 6.53. The summed E-state index contributed by atoms with van der Waals surface area (Å²) >= 11 is 0. The third kappa shape index (κ3) is 1.28. The van der Waals surface area contributed by atoms with Crippen molar-refractivity contribution >= 4 is 5.69 Å². The molecule has 0 atom stereocenters. The number of nitrogen functional groups attached to an aromatic ring is 1. The number of aryl methyl sites for hydroxylation is 1. The molecule has 1 saturated carbocycles. The number of hydrogen-bond acceptors (Lipinski definition) is 2. The van der Waals surface area contributed by atoms with Gasteiger partial charge in [0.1, 0.15) is 5.82 Å². The van der Waals surface area contributed by atoms with Crippen LogP contribution in [0.4, 0.5) is 10.1 Å². The molecule has 0 heterocycles. The van der Waals surface area contributed by atoms with Crippen molar-refractivity contribution in [3.8, 4) is 0 Å². The summed E-state index contributed by atoms with van der Waals surface area (Å²) in [5, 5.41) is 10.0. The van der Waals surface area contributed by atoms with Crippen LogP contribution in [-0.4, -0.2) is 5.11 Å². The van der Waals surface area contributed by atoms with Crippen LogP contribution < -0.4 is 5.73 Å².